The van der Waals surface area contributed by atoms with E-state index in [2.05, 4.69) is 40.9 Å². The van der Waals surface area contributed by atoms with Gasteiger partial charge in [0.2, 0.25) is 0 Å². The van der Waals surface area contributed by atoms with E-state index in [1.807, 2.05) is 35.2 Å². The number of hydrogen-bond donors (Lipinski definition) is 0. The molecule has 2 aromatic heterocycles. The average Bonchev–Trinajstić information content (AvgIpc) is 3.36. The number of nitrogens with zero attached hydrogens (tertiary/aromatic N) is 7. The number of aromatic nitrogens is 4. The second kappa shape index (κ2) is 9.50. The molecule has 0 aromatic carbocycles. The number of carbonyl (C=O) groups excluding carboxylic acids is 1. The van der Waals surface area contributed by atoms with Crippen LogP contribution in [0.5, 0.6) is 0 Å². The maximum atomic E-state index is 13.5. The minimum Gasteiger partial charge on any atom is -0.373 e. The van der Waals surface area contributed by atoms with Crippen molar-refractivity contribution in [2.75, 3.05) is 52.9 Å². The van der Waals surface area contributed by atoms with Gasteiger partial charge in [-0.25, -0.2) is 0 Å². The summed E-state index contributed by atoms with van der Waals surface area (Å²) in [5.74, 6) is 0.00431. The van der Waals surface area contributed by atoms with Crippen molar-refractivity contribution < 1.29 is 9.53 Å². The number of carbonyl (C=O) groups is 1. The highest BCUT2D eigenvalue weighted by atomic mass is 16.5. The van der Waals surface area contributed by atoms with Crippen LogP contribution in [0.1, 0.15) is 48.3 Å². The van der Waals surface area contributed by atoms with Gasteiger partial charge in [0.1, 0.15) is 0 Å². The summed E-state index contributed by atoms with van der Waals surface area (Å²) in [6.45, 7) is 10.3. The highest BCUT2D eigenvalue weighted by Crippen LogP contribution is 2.31. The van der Waals surface area contributed by atoms with E-state index in [1.165, 1.54) is 0 Å². The van der Waals surface area contributed by atoms with Crippen LogP contribution in [0.4, 0.5) is 0 Å². The normalized spacial score (nSPS) is 24.0. The van der Waals surface area contributed by atoms with Gasteiger partial charge < -0.3 is 14.5 Å². The van der Waals surface area contributed by atoms with Crippen molar-refractivity contribution in [1.29, 1.82) is 0 Å². The lowest BCUT2D eigenvalue weighted by molar-refractivity contribution is -0.0723. The van der Waals surface area contributed by atoms with Crippen LogP contribution in [0.15, 0.2) is 24.8 Å². The Balaban J connectivity index is 1.58. The van der Waals surface area contributed by atoms with Crippen LogP contribution in [0.3, 0.4) is 0 Å². The molecule has 170 valence electrons. The molecule has 0 unspecified atom stereocenters. The number of ether oxygens (including phenoxy) is 1. The van der Waals surface area contributed by atoms with Crippen LogP contribution in [0.2, 0.25) is 0 Å². The van der Waals surface area contributed by atoms with Gasteiger partial charge in [0, 0.05) is 57.2 Å². The van der Waals surface area contributed by atoms with Gasteiger partial charge in [-0.15, -0.1) is 0 Å². The van der Waals surface area contributed by atoms with Crippen LogP contribution in [0, 0.1) is 0 Å². The Hall–Kier alpha value is -2.23. The Labute approximate surface area is 184 Å². The summed E-state index contributed by atoms with van der Waals surface area (Å²) >= 11 is 0. The first-order valence-corrected chi connectivity index (χ1v) is 11.3. The van der Waals surface area contributed by atoms with Crippen molar-refractivity contribution in [1.82, 2.24) is 34.3 Å². The Kier molecular flexibility index (Phi) is 6.74. The van der Waals surface area contributed by atoms with Gasteiger partial charge in [-0.1, -0.05) is 0 Å². The summed E-state index contributed by atoms with van der Waals surface area (Å²) in [7, 11) is 4.09. The van der Waals surface area contributed by atoms with E-state index < -0.39 is 0 Å². The molecule has 2 fully saturated rings. The second-order valence-electron chi connectivity index (χ2n) is 9.06. The molecule has 9 nitrogen and oxygen atoms in total. The molecule has 0 saturated carbocycles. The van der Waals surface area contributed by atoms with Crippen molar-refractivity contribution in [3.05, 3.63) is 35.9 Å². The molecule has 4 rings (SSSR count). The molecule has 0 N–H and O–H groups in total. The summed E-state index contributed by atoms with van der Waals surface area (Å²) in [4.78, 5) is 20.3. The van der Waals surface area contributed by atoms with E-state index in [-0.39, 0.29) is 24.1 Å². The minimum absolute atomic E-state index is 0.00431. The first-order chi connectivity index (χ1) is 14.9. The monoisotopic (exact) mass is 429 g/mol. The predicted octanol–water partition coefficient (Wildman–Crippen LogP) is 1.42. The number of aryl methyl sites for hydroxylation is 1. The Bertz CT molecular complexity index is 877. The lowest BCUT2D eigenvalue weighted by Crippen LogP contribution is -2.52. The van der Waals surface area contributed by atoms with E-state index in [9.17, 15) is 4.79 Å². The van der Waals surface area contributed by atoms with Gasteiger partial charge >= 0.3 is 0 Å². The summed E-state index contributed by atoms with van der Waals surface area (Å²) in [6.07, 6.45) is 8.45. The first-order valence-electron chi connectivity index (χ1n) is 11.3. The summed E-state index contributed by atoms with van der Waals surface area (Å²) in [5, 5.41) is 8.75. The van der Waals surface area contributed by atoms with E-state index >= 15 is 0 Å². The molecule has 31 heavy (non-hydrogen) atoms. The molecule has 2 aliphatic rings. The van der Waals surface area contributed by atoms with Crippen molar-refractivity contribution in [3.8, 4) is 0 Å². The van der Waals surface area contributed by atoms with E-state index in [4.69, 9.17) is 4.74 Å². The predicted molar refractivity (Wildman–Crippen MR) is 118 cm³/mol. The molecule has 0 aliphatic carbocycles. The van der Waals surface area contributed by atoms with E-state index in [0.717, 1.165) is 44.7 Å². The summed E-state index contributed by atoms with van der Waals surface area (Å²) in [6, 6.07) is 0.0487. The summed E-state index contributed by atoms with van der Waals surface area (Å²) in [5.41, 5.74) is 1.64. The van der Waals surface area contributed by atoms with Crippen molar-refractivity contribution in [2.24, 2.45) is 7.05 Å². The number of morpholine rings is 1. The van der Waals surface area contributed by atoms with Crippen LogP contribution < -0.4 is 0 Å². The first kappa shape index (κ1) is 22.0. The number of rotatable bonds is 5. The van der Waals surface area contributed by atoms with Gasteiger partial charge in [-0.05, 0) is 40.4 Å². The Morgan fingerprint density at radius 1 is 1.10 bits per heavy atom. The van der Waals surface area contributed by atoms with Crippen molar-refractivity contribution in [3.63, 3.8) is 0 Å². The fourth-order valence-electron chi connectivity index (χ4n) is 4.53. The molecule has 0 bridgehead atoms. The number of hydrogen-bond acceptors (Lipinski definition) is 6. The Morgan fingerprint density at radius 2 is 1.94 bits per heavy atom. The molecule has 4 heterocycles. The highest BCUT2D eigenvalue weighted by Gasteiger charge is 2.38. The van der Waals surface area contributed by atoms with Gasteiger partial charge in [0.25, 0.3) is 5.91 Å². The maximum Gasteiger partial charge on any atom is 0.257 e. The molecule has 0 radical (unpaired) electrons. The van der Waals surface area contributed by atoms with Gasteiger partial charge in [0.05, 0.1) is 36.7 Å². The third kappa shape index (κ3) is 4.99. The molecule has 2 aromatic rings. The molecule has 1 amide bonds. The number of likely N-dealkylation sites (N-methyl/N-ethyl adjacent to an activating group) is 1. The highest BCUT2D eigenvalue weighted by molar-refractivity contribution is 5.94. The topological polar surface area (TPSA) is 71.7 Å². The molecule has 0 spiro atoms. The number of amides is 1. The van der Waals surface area contributed by atoms with Gasteiger partial charge in [-0.2, -0.15) is 10.2 Å². The summed E-state index contributed by atoms with van der Waals surface area (Å²) < 4.78 is 9.90. The zero-order valence-corrected chi connectivity index (χ0v) is 19.1. The van der Waals surface area contributed by atoms with Crippen LogP contribution >= 0.6 is 0 Å². The molecule has 2 atom stereocenters. The minimum atomic E-state index is -0.168. The SMILES string of the molecule is CC(C)n1cc(C(=O)N2CCO[C@@H](CN3CCCN(C)CC3)[C@@H]2c2cnn(C)c2)cn1. The lowest BCUT2D eigenvalue weighted by atomic mass is 9.99. The smallest absolute Gasteiger partial charge is 0.257 e. The third-order valence-corrected chi connectivity index (χ3v) is 6.31. The van der Waals surface area contributed by atoms with E-state index in [0.29, 0.717) is 18.7 Å². The van der Waals surface area contributed by atoms with Crippen LogP contribution in [0.25, 0.3) is 0 Å². The molecule has 2 saturated heterocycles. The van der Waals surface area contributed by atoms with Crippen LogP contribution in [-0.2, 0) is 11.8 Å². The fraction of sp³-hybridized carbons (Fsp3) is 0.682. The molecular weight excluding hydrogens is 394 g/mol. The van der Waals surface area contributed by atoms with Gasteiger partial charge in [-0.3, -0.25) is 19.1 Å². The average molecular weight is 430 g/mol. The lowest BCUT2D eigenvalue weighted by Gasteiger charge is -2.42. The largest absolute Gasteiger partial charge is 0.373 e. The van der Waals surface area contributed by atoms with Crippen molar-refractivity contribution >= 4 is 5.91 Å². The molecule has 9 heteroatoms. The van der Waals surface area contributed by atoms with Crippen LogP contribution in [-0.4, -0.2) is 99.2 Å². The van der Waals surface area contributed by atoms with E-state index in [1.54, 1.807) is 10.9 Å². The third-order valence-electron chi connectivity index (χ3n) is 6.31. The Morgan fingerprint density at radius 3 is 2.65 bits per heavy atom. The molecule has 2 aliphatic heterocycles. The van der Waals surface area contributed by atoms with Gasteiger partial charge in [0.15, 0.2) is 0 Å². The maximum absolute atomic E-state index is 13.5. The van der Waals surface area contributed by atoms with Crippen molar-refractivity contribution in [2.45, 2.75) is 38.5 Å². The second-order valence-corrected chi connectivity index (χ2v) is 9.06. The quantitative estimate of drug-likeness (QED) is 0.716. The zero-order valence-electron chi connectivity index (χ0n) is 19.1. The molecular formula is C22H35N7O2. The zero-order chi connectivity index (χ0) is 22.0. The standard InChI is InChI=1S/C22H35N7O2/c1-17(2)29-15-19(13-24-29)22(30)28-10-11-31-20(21(28)18-12-23-26(4)14-18)16-27-7-5-6-25(3)8-9-27/h12-15,17,20-21H,5-11,16H2,1-4H3/t20-,21-/m0/s1. The fourth-order valence-corrected chi connectivity index (χ4v) is 4.53.